The fourth-order valence-corrected chi connectivity index (χ4v) is 3.50. The van der Waals surface area contributed by atoms with Crippen LogP contribution in [0.5, 0.6) is 0 Å². The first-order chi connectivity index (χ1) is 8.76. The Kier molecular flexibility index (Phi) is 4.72. The summed E-state index contributed by atoms with van der Waals surface area (Å²) in [6.07, 6.45) is 5.57. The predicted molar refractivity (Wildman–Crippen MR) is 73.7 cm³/mol. The molecule has 4 nitrogen and oxygen atoms in total. The first kappa shape index (κ1) is 13.5. The van der Waals surface area contributed by atoms with Gasteiger partial charge in [0.1, 0.15) is 6.04 Å². The van der Waals surface area contributed by atoms with Crippen LogP contribution in [0.4, 0.5) is 0 Å². The summed E-state index contributed by atoms with van der Waals surface area (Å²) < 4.78 is 0. The van der Waals surface area contributed by atoms with E-state index >= 15 is 0 Å². The minimum atomic E-state index is -0.256. The van der Waals surface area contributed by atoms with Crippen molar-refractivity contribution in [3.05, 3.63) is 16.1 Å². The topological polar surface area (TPSA) is 54.0 Å². The molecule has 1 aromatic rings. The third-order valence-electron chi connectivity index (χ3n) is 3.52. The first-order valence-electron chi connectivity index (χ1n) is 6.66. The Morgan fingerprint density at radius 3 is 2.89 bits per heavy atom. The second-order valence-corrected chi connectivity index (χ2v) is 5.61. The van der Waals surface area contributed by atoms with Crippen molar-refractivity contribution in [1.82, 2.24) is 15.6 Å². The van der Waals surface area contributed by atoms with Crippen LogP contribution in [0.1, 0.15) is 49.2 Å². The molecule has 1 heterocycles. The second kappa shape index (κ2) is 6.29. The molecule has 0 aliphatic heterocycles. The molecule has 0 bridgehead atoms. The van der Waals surface area contributed by atoms with E-state index in [1.807, 2.05) is 12.6 Å². The van der Waals surface area contributed by atoms with Crippen molar-refractivity contribution in [2.75, 3.05) is 7.05 Å². The molecule has 0 spiro atoms. The summed E-state index contributed by atoms with van der Waals surface area (Å²) in [6, 6.07) is 0.111. The molecule has 1 saturated carbocycles. The smallest absolute Gasteiger partial charge is 0.242 e. The number of aryl methyl sites for hydroxylation is 1. The van der Waals surface area contributed by atoms with Gasteiger partial charge in [0, 0.05) is 6.04 Å². The van der Waals surface area contributed by atoms with Gasteiger partial charge in [0.25, 0.3) is 0 Å². The van der Waals surface area contributed by atoms with Gasteiger partial charge in [-0.05, 0) is 26.3 Å². The van der Waals surface area contributed by atoms with Gasteiger partial charge in [-0.2, -0.15) is 0 Å². The van der Waals surface area contributed by atoms with Gasteiger partial charge in [-0.25, -0.2) is 4.98 Å². The summed E-state index contributed by atoms with van der Waals surface area (Å²) >= 11 is 1.56. The van der Waals surface area contributed by atoms with E-state index < -0.39 is 0 Å². The summed E-state index contributed by atoms with van der Waals surface area (Å²) in [5.41, 5.74) is 2.85. The number of hydrogen-bond acceptors (Lipinski definition) is 4. The zero-order chi connectivity index (χ0) is 13.0. The molecule has 1 amide bonds. The van der Waals surface area contributed by atoms with E-state index in [1.165, 1.54) is 12.8 Å². The van der Waals surface area contributed by atoms with Crippen LogP contribution in [0.3, 0.4) is 0 Å². The van der Waals surface area contributed by atoms with E-state index in [9.17, 15) is 4.79 Å². The monoisotopic (exact) mass is 267 g/mol. The number of carbonyl (C=O) groups is 1. The van der Waals surface area contributed by atoms with Crippen molar-refractivity contribution >= 4 is 17.2 Å². The summed E-state index contributed by atoms with van der Waals surface area (Å²) in [5, 5.41) is 6.26. The largest absolute Gasteiger partial charge is 0.352 e. The van der Waals surface area contributed by atoms with E-state index in [0.717, 1.165) is 29.8 Å². The molecular formula is C13H21N3OS. The SMILES string of the molecule is CCc1ncsc1C(NC)C(=O)NC1CCCC1. The summed E-state index contributed by atoms with van der Waals surface area (Å²) in [4.78, 5) is 17.7. The fourth-order valence-electron chi connectivity index (χ4n) is 2.51. The van der Waals surface area contributed by atoms with E-state index in [1.54, 1.807) is 11.3 Å². The maximum absolute atomic E-state index is 12.3. The van der Waals surface area contributed by atoms with Crippen molar-refractivity contribution in [3.8, 4) is 0 Å². The Morgan fingerprint density at radius 1 is 1.56 bits per heavy atom. The zero-order valence-corrected chi connectivity index (χ0v) is 11.8. The van der Waals surface area contributed by atoms with Crippen LogP contribution < -0.4 is 10.6 Å². The number of hydrogen-bond donors (Lipinski definition) is 2. The molecule has 1 fully saturated rings. The van der Waals surface area contributed by atoms with E-state index in [2.05, 4.69) is 22.5 Å². The highest BCUT2D eigenvalue weighted by Crippen LogP contribution is 2.24. The number of likely N-dealkylation sites (N-methyl/N-ethyl adjacent to an activating group) is 1. The van der Waals surface area contributed by atoms with Gasteiger partial charge in [0.15, 0.2) is 0 Å². The summed E-state index contributed by atoms with van der Waals surface area (Å²) in [6.45, 7) is 2.07. The lowest BCUT2D eigenvalue weighted by Gasteiger charge is -2.19. The van der Waals surface area contributed by atoms with Crippen LogP contribution >= 0.6 is 11.3 Å². The van der Waals surface area contributed by atoms with Gasteiger partial charge in [0.2, 0.25) is 5.91 Å². The minimum Gasteiger partial charge on any atom is -0.352 e. The van der Waals surface area contributed by atoms with Crippen molar-refractivity contribution < 1.29 is 4.79 Å². The van der Waals surface area contributed by atoms with Gasteiger partial charge in [-0.3, -0.25) is 4.79 Å². The van der Waals surface area contributed by atoms with E-state index in [4.69, 9.17) is 0 Å². The minimum absolute atomic E-state index is 0.0864. The Morgan fingerprint density at radius 2 is 2.28 bits per heavy atom. The molecule has 1 unspecified atom stereocenters. The molecule has 100 valence electrons. The van der Waals surface area contributed by atoms with Crippen LogP contribution in [0.2, 0.25) is 0 Å². The zero-order valence-electron chi connectivity index (χ0n) is 11.0. The number of rotatable bonds is 5. The van der Waals surface area contributed by atoms with Gasteiger partial charge in [0.05, 0.1) is 16.1 Å². The second-order valence-electron chi connectivity index (χ2n) is 4.73. The molecule has 1 atom stereocenters. The lowest BCUT2D eigenvalue weighted by atomic mass is 10.1. The molecule has 5 heteroatoms. The Balaban J connectivity index is 2.05. The summed E-state index contributed by atoms with van der Waals surface area (Å²) in [7, 11) is 1.83. The molecule has 0 saturated heterocycles. The Hall–Kier alpha value is -0.940. The summed E-state index contributed by atoms with van der Waals surface area (Å²) in [5.74, 6) is 0.0864. The van der Waals surface area contributed by atoms with E-state index in [0.29, 0.717) is 6.04 Å². The van der Waals surface area contributed by atoms with Crippen molar-refractivity contribution in [3.63, 3.8) is 0 Å². The third kappa shape index (κ3) is 2.90. The molecule has 2 rings (SSSR count). The molecule has 1 aromatic heterocycles. The van der Waals surface area contributed by atoms with Crippen LogP contribution in [-0.4, -0.2) is 24.0 Å². The van der Waals surface area contributed by atoms with Gasteiger partial charge in [-0.1, -0.05) is 19.8 Å². The lowest BCUT2D eigenvalue weighted by molar-refractivity contribution is -0.123. The highest BCUT2D eigenvalue weighted by Gasteiger charge is 2.26. The Labute approximate surface area is 112 Å². The maximum Gasteiger partial charge on any atom is 0.242 e. The predicted octanol–water partition coefficient (Wildman–Crippen LogP) is 2.02. The van der Waals surface area contributed by atoms with E-state index in [-0.39, 0.29) is 11.9 Å². The van der Waals surface area contributed by atoms with Crippen LogP contribution in [0.25, 0.3) is 0 Å². The van der Waals surface area contributed by atoms with Gasteiger partial charge >= 0.3 is 0 Å². The molecule has 18 heavy (non-hydrogen) atoms. The fraction of sp³-hybridized carbons (Fsp3) is 0.692. The van der Waals surface area contributed by atoms with Crippen molar-refractivity contribution in [2.45, 2.75) is 51.1 Å². The number of amides is 1. The quantitative estimate of drug-likeness (QED) is 0.858. The highest BCUT2D eigenvalue weighted by atomic mass is 32.1. The van der Waals surface area contributed by atoms with Crippen molar-refractivity contribution in [2.24, 2.45) is 0 Å². The number of thiazole rings is 1. The van der Waals surface area contributed by atoms with Crippen molar-refractivity contribution in [1.29, 1.82) is 0 Å². The molecule has 0 radical (unpaired) electrons. The standard InChI is InChI=1S/C13H21N3OS/c1-3-10-12(18-8-15-10)11(14-2)13(17)16-9-6-4-5-7-9/h8-9,11,14H,3-7H2,1-2H3,(H,16,17). The average Bonchev–Trinajstić information content (AvgIpc) is 3.01. The molecule has 1 aliphatic rings. The molecular weight excluding hydrogens is 246 g/mol. The molecule has 1 aliphatic carbocycles. The normalized spacial score (nSPS) is 17.9. The Bertz CT molecular complexity index is 399. The lowest BCUT2D eigenvalue weighted by Crippen LogP contribution is -2.40. The first-order valence-corrected chi connectivity index (χ1v) is 7.54. The van der Waals surface area contributed by atoms with Crippen LogP contribution in [-0.2, 0) is 11.2 Å². The number of carbonyl (C=O) groups excluding carboxylic acids is 1. The molecule has 2 N–H and O–H groups in total. The third-order valence-corrected chi connectivity index (χ3v) is 4.46. The average molecular weight is 267 g/mol. The van der Waals surface area contributed by atoms with Crippen LogP contribution in [0.15, 0.2) is 5.51 Å². The van der Waals surface area contributed by atoms with Crippen LogP contribution in [0, 0.1) is 0 Å². The number of aromatic nitrogens is 1. The number of nitrogens with one attached hydrogen (secondary N) is 2. The van der Waals surface area contributed by atoms with Gasteiger partial charge < -0.3 is 10.6 Å². The number of nitrogens with zero attached hydrogens (tertiary/aromatic N) is 1. The van der Waals surface area contributed by atoms with Gasteiger partial charge in [-0.15, -0.1) is 11.3 Å². The molecule has 0 aromatic carbocycles. The maximum atomic E-state index is 12.3. The highest BCUT2D eigenvalue weighted by molar-refractivity contribution is 7.10.